The average Bonchev–Trinajstić information content (AvgIpc) is 2.96. The second-order valence-electron chi connectivity index (χ2n) is 5.18. The number of anilines is 1. The SMILES string of the molecule is N#CCCN1CCc2cccc(OCc3ccccc3)c21. The maximum Gasteiger partial charge on any atom is 0.143 e. The number of fused-ring (bicyclic) bond motifs is 1. The molecule has 3 rings (SSSR count). The van der Waals surface area contributed by atoms with Gasteiger partial charge in [-0.25, -0.2) is 0 Å². The molecule has 2 aromatic carbocycles. The lowest BCUT2D eigenvalue weighted by molar-refractivity contribution is 0.307. The monoisotopic (exact) mass is 278 g/mol. The summed E-state index contributed by atoms with van der Waals surface area (Å²) in [5.74, 6) is 0.923. The van der Waals surface area contributed by atoms with Gasteiger partial charge >= 0.3 is 0 Å². The fourth-order valence-electron chi connectivity index (χ4n) is 2.76. The van der Waals surface area contributed by atoms with Gasteiger partial charge in [-0.05, 0) is 23.6 Å². The van der Waals surface area contributed by atoms with Gasteiger partial charge in [-0.1, -0.05) is 42.5 Å². The fourth-order valence-corrected chi connectivity index (χ4v) is 2.76. The van der Waals surface area contributed by atoms with Crippen molar-refractivity contribution in [2.45, 2.75) is 19.4 Å². The summed E-state index contributed by atoms with van der Waals surface area (Å²) in [4.78, 5) is 2.26. The number of nitriles is 1. The molecule has 0 saturated carbocycles. The first-order valence-corrected chi connectivity index (χ1v) is 7.29. The molecule has 3 heteroatoms. The standard InChI is InChI=1S/C18H18N2O/c19-11-5-12-20-13-10-16-8-4-9-17(18(16)20)21-14-15-6-2-1-3-7-15/h1-4,6-9H,5,10,12-14H2. The highest BCUT2D eigenvalue weighted by molar-refractivity contribution is 5.67. The van der Waals surface area contributed by atoms with Crippen LogP contribution in [0.25, 0.3) is 0 Å². The molecule has 0 fully saturated rings. The minimum atomic E-state index is 0.548. The summed E-state index contributed by atoms with van der Waals surface area (Å²) in [5, 5.41) is 8.79. The van der Waals surface area contributed by atoms with Gasteiger partial charge in [0.05, 0.1) is 18.2 Å². The highest BCUT2D eigenvalue weighted by Crippen LogP contribution is 2.37. The Kier molecular flexibility index (Phi) is 4.07. The lowest BCUT2D eigenvalue weighted by Gasteiger charge is -2.21. The molecule has 0 atom stereocenters. The lowest BCUT2D eigenvalue weighted by Crippen LogP contribution is -2.21. The van der Waals surface area contributed by atoms with Crippen molar-refractivity contribution in [3.05, 3.63) is 59.7 Å². The number of hydrogen-bond acceptors (Lipinski definition) is 3. The molecule has 0 bridgehead atoms. The van der Waals surface area contributed by atoms with E-state index in [2.05, 4.69) is 29.2 Å². The van der Waals surface area contributed by atoms with Gasteiger partial charge in [0.2, 0.25) is 0 Å². The topological polar surface area (TPSA) is 36.3 Å². The number of nitrogens with zero attached hydrogens (tertiary/aromatic N) is 2. The predicted octanol–water partition coefficient (Wildman–Crippen LogP) is 3.54. The molecule has 0 radical (unpaired) electrons. The van der Waals surface area contributed by atoms with E-state index < -0.39 is 0 Å². The molecule has 1 aliphatic rings. The largest absolute Gasteiger partial charge is 0.487 e. The molecule has 0 amide bonds. The summed E-state index contributed by atoms with van der Waals surface area (Å²) in [6.07, 6.45) is 1.58. The van der Waals surface area contributed by atoms with E-state index in [4.69, 9.17) is 10.00 Å². The molecule has 0 saturated heterocycles. The van der Waals surface area contributed by atoms with Gasteiger partial charge in [0.15, 0.2) is 0 Å². The Morgan fingerprint density at radius 2 is 1.95 bits per heavy atom. The van der Waals surface area contributed by atoms with Crippen LogP contribution in [0.15, 0.2) is 48.5 Å². The van der Waals surface area contributed by atoms with Gasteiger partial charge in [0, 0.05) is 13.1 Å². The number of para-hydroxylation sites is 1. The maximum atomic E-state index is 8.79. The highest BCUT2D eigenvalue weighted by atomic mass is 16.5. The smallest absolute Gasteiger partial charge is 0.143 e. The van der Waals surface area contributed by atoms with Crippen LogP contribution in [0.1, 0.15) is 17.5 Å². The Bertz CT molecular complexity index is 646. The third-order valence-corrected chi connectivity index (χ3v) is 3.78. The molecule has 0 spiro atoms. The summed E-state index contributed by atoms with van der Waals surface area (Å²) in [7, 11) is 0. The molecule has 106 valence electrons. The Labute approximate surface area is 125 Å². The third kappa shape index (κ3) is 3.00. The molecule has 3 nitrogen and oxygen atoms in total. The van der Waals surface area contributed by atoms with Crippen molar-refractivity contribution in [1.82, 2.24) is 0 Å². The van der Waals surface area contributed by atoms with E-state index in [1.165, 1.54) is 11.3 Å². The second-order valence-corrected chi connectivity index (χ2v) is 5.18. The minimum Gasteiger partial charge on any atom is -0.487 e. The van der Waals surface area contributed by atoms with Gasteiger partial charge < -0.3 is 9.64 Å². The molecule has 0 aromatic heterocycles. The third-order valence-electron chi connectivity index (χ3n) is 3.78. The van der Waals surface area contributed by atoms with Gasteiger partial charge in [-0.3, -0.25) is 0 Å². The molecule has 0 unspecified atom stereocenters. The van der Waals surface area contributed by atoms with E-state index in [-0.39, 0.29) is 0 Å². The summed E-state index contributed by atoms with van der Waals surface area (Å²) < 4.78 is 6.02. The van der Waals surface area contributed by atoms with Gasteiger partial charge in [-0.2, -0.15) is 5.26 Å². The molecule has 1 aliphatic heterocycles. The Hall–Kier alpha value is -2.47. The van der Waals surface area contributed by atoms with E-state index in [1.54, 1.807) is 0 Å². The van der Waals surface area contributed by atoms with Crippen molar-refractivity contribution in [2.75, 3.05) is 18.0 Å². The first-order chi connectivity index (χ1) is 10.4. The van der Waals surface area contributed by atoms with Crippen molar-refractivity contribution in [1.29, 1.82) is 5.26 Å². The Morgan fingerprint density at radius 1 is 1.10 bits per heavy atom. The van der Waals surface area contributed by atoms with Crippen molar-refractivity contribution < 1.29 is 4.74 Å². The van der Waals surface area contributed by atoms with Crippen LogP contribution >= 0.6 is 0 Å². The summed E-state index contributed by atoms with van der Waals surface area (Å²) in [6, 6.07) is 18.6. The van der Waals surface area contributed by atoms with Crippen molar-refractivity contribution >= 4 is 5.69 Å². The first kappa shape index (κ1) is 13.5. The van der Waals surface area contributed by atoms with E-state index in [0.717, 1.165) is 30.8 Å². The van der Waals surface area contributed by atoms with Crippen LogP contribution in [0.5, 0.6) is 5.75 Å². The number of ether oxygens (including phenoxy) is 1. The van der Waals surface area contributed by atoms with Crippen LogP contribution in [0.2, 0.25) is 0 Å². The Balaban J connectivity index is 1.77. The van der Waals surface area contributed by atoms with E-state index in [0.29, 0.717) is 13.0 Å². The number of benzene rings is 2. The zero-order chi connectivity index (χ0) is 14.5. The van der Waals surface area contributed by atoms with E-state index in [1.807, 2.05) is 30.3 Å². The van der Waals surface area contributed by atoms with Crippen LogP contribution in [-0.2, 0) is 13.0 Å². The quantitative estimate of drug-likeness (QED) is 0.839. The van der Waals surface area contributed by atoms with Crippen LogP contribution < -0.4 is 9.64 Å². The molecular formula is C18H18N2O. The van der Waals surface area contributed by atoms with E-state index >= 15 is 0 Å². The maximum absolute atomic E-state index is 8.79. The summed E-state index contributed by atoms with van der Waals surface area (Å²) >= 11 is 0. The molecule has 21 heavy (non-hydrogen) atoms. The first-order valence-electron chi connectivity index (χ1n) is 7.29. The van der Waals surface area contributed by atoms with Crippen molar-refractivity contribution in [3.8, 4) is 11.8 Å². The van der Waals surface area contributed by atoms with Crippen molar-refractivity contribution in [2.24, 2.45) is 0 Å². The highest BCUT2D eigenvalue weighted by Gasteiger charge is 2.22. The van der Waals surface area contributed by atoms with Gasteiger partial charge in [-0.15, -0.1) is 0 Å². The van der Waals surface area contributed by atoms with Crippen LogP contribution in [0, 0.1) is 11.3 Å². The van der Waals surface area contributed by atoms with Crippen LogP contribution in [-0.4, -0.2) is 13.1 Å². The van der Waals surface area contributed by atoms with Gasteiger partial charge in [0.25, 0.3) is 0 Å². The predicted molar refractivity (Wildman–Crippen MR) is 83.4 cm³/mol. The minimum absolute atomic E-state index is 0.548. The summed E-state index contributed by atoms with van der Waals surface area (Å²) in [5.41, 5.74) is 3.65. The molecule has 0 aliphatic carbocycles. The molecule has 2 aromatic rings. The Morgan fingerprint density at radius 3 is 2.76 bits per heavy atom. The zero-order valence-electron chi connectivity index (χ0n) is 12.0. The van der Waals surface area contributed by atoms with Crippen LogP contribution in [0.3, 0.4) is 0 Å². The zero-order valence-corrected chi connectivity index (χ0v) is 12.0. The van der Waals surface area contributed by atoms with E-state index in [9.17, 15) is 0 Å². The normalized spacial score (nSPS) is 12.8. The molecular weight excluding hydrogens is 260 g/mol. The molecule has 1 heterocycles. The summed E-state index contributed by atoms with van der Waals surface area (Å²) in [6.45, 7) is 2.32. The van der Waals surface area contributed by atoms with Gasteiger partial charge in [0.1, 0.15) is 12.4 Å². The fraction of sp³-hybridized carbons (Fsp3) is 0.278. The second kappa shape index (κ2) is 6.32. The molecule has 0 N–H and O–H groups in total. The van der Waals surface area contributed by atoms with Crippen LogP contribution in [0.4, 0.5) is 5.69 Å². The average molecular weight is 278 g/mol. The number of hydrogen-bond donors (Lipinski definition) is 0. The van der Waals surface area contributed by atoms with Crippen molar-refractivity contribution in [3.63, 3.8) is 0 Å². The number of rotatable bonds is 5. The lowest BCUT2D eigenvalue weighted by atomic mass is 10.1.